The molecule has 1 aliphatic heterocycles. The topological polar surface area (TPSA) is 50.4 Å². The van der Waals surface area contributed by atoms with Crippen LogP contribution in [0.4, 0.5) is 11.4 Å². The Morgan fingerprint density at radius 1 is 1.47 bits per heavy atom. The summed E-state index contributed by atoms with van der Waals surface area (Å²) >= 11 is 0. The second-order valence-corrected chi connectivity index (χ2v) is 3.43. The number of anilines is 2. The third kappa shape index (κ3) is 2.03. The average Bonchev–Trinajstić information content (AvgIpc) is 2.26. The minimum absolute atomic E-state index is 0.0324. The van der Waals surface area contributed by atoms with E-state index in [4.69, 9.17) is 4.74 Å². The number of carbonyl (C=O) groups excluding carboxylic acids is 1. The molecule has 1 aromatic rings. The fourth-order valence-corrected chi connectivity index (χ4v) is 1.50. The van der Waals surface area contributed by atoms with Gasteiger partial charge in [0.25, 0.3) is 0 Å². The number of nitrogens with one attached hydrogen (secondary N) is 2. The summed E-state index contributed by atoms with van der Waals surface area (Å²) in [5.41, 5.74) is 1.67. The number of benzene rings is 1. The molecular weight excluding hydrogens is 192 g/mol. The summed E-state index contributed by atoms with van der Waals surface area (Å²) in [4.78, 5) is 11.2. The number of carbonyl (C=O) groups is 1. The van der Waals surface area contributed by atoms with Gasteiger partial charge in [0.2, 0.25) is 5.91 Å². The number of ether oxygens (including phenoxy) is 1. The maximum Gasteiger partial charge on any atom is 0.243 e. The van der Waals surface area contributed by atoms with Gasteiger partial charge in [0.05, 0.1) is 18.8 Å². The van der Waals surface area contributed by atoms with E-state index in [0.717, 1.165) is 23.5 Å². The van der Waals surface area contributed by atoms with Gasteiger partial charge in [-0.05, 0) is 18.6 Å². The van der Waals surface area contributed by atoms with Crippen LogP contribution in [-0.2, 0) is 4.79 Å². The molecule has 1 aromatic carbocycles. The molecule has 4 heteroatoms. The minimum Gasteiger partial charge on any atom is -0.491 e. The smallest absolute Gasteiger partial charge is 0.243 e. The zero-order chi connectivity index (χ0) is 10.7. The van der Waals surface area contributed by atoms with E-state index < -0.39 is 0 Å². The van der Waals surface area contributed by atoms with Crippen molar-refractivity contribution in [1.82, 2.24) is 0 Å². The SMILES string of the molecule is CCCOc1cccc2c1NC(=O)CN2. The summed E-state index contributed by atoms with van der Waals surface area (Å²) in [5, 5.41) is 5.85. The summed E-state index contributed by atoms with van der Waals surface area (Å²) in [6, 6.07) is 5.70. The molecule has 0 fully saturated rings. The van der Waals surface area contributed by atoms with Gasteiger partial charge >= 0.3 is 0 Å². The molecule has 15 heavy (non-hydrogen) atoms. The lowest BCUT2D eigenvalue weighted by Gasteiger charge is -2.21. The zero-order valence-electron chi connectivity index (χ0n) is 8.67. The van der Waals surface area contributed by atoms with Gasteiger partial charge < -0.3 is 15.4 Å². The molecule has 1 aliphatic rings. The van der Waals surface area contributed by atoms with Crippen molar-refractivity contribution in [2.24, 2.45) is 0 Å². The molecule has 2 rings (SSSR count). The molecule has 2 N–H and O–H groups in total. The molecule has 0 bridgehead atoms. The highest BCUT2D eigenvalue weighted by molar-refractivity contribution is 6.02. The van der Waals surface area contributed by atoms with E-state index in [2.05, 4.69) is 10.6 Å². The number of fused-ring (bicyclic) bond motifs is 1. The summed E-state index contributed by atoms with van der Waals surface area (Å²) in [6.45, 7) is 3.03. The van der Waals surface area contributed by atoms with E-state index in [1.807, 2.05) is 25.1 Å². The Kier molecular flexibility index (Phi) is 2.76. The Hall–Kier alpha value is -1.71. The molecule has 0 aliphatic carbocycles. The lowest BCUT2D eigenvalue weighted by atomic mass is 10.2. The number of hydrogen-bond acceptors (Lipinski definition) is 3. The Labute approximate surface area is 88.6 Å². The minimum atomic E-state index is -0.0324. The third-order valence-electron chi connectivity index (χ3n) is 2.19. The molecular formula is C11H14N2O2. The average molecular weight is 206 g/mol. The first-order valence-corrected chi connectivity index (χ1v) is 5.11. The highest BCUT2D eigenvalue weighted by Gasteiger charge is 2.17. The number of rotatable bonds is 3. The third-order valence-corrected chi connectivity index (χ3v) is 2.19. The lowest BCUT2D eigenvalue weighted by Crippen LogP contribution is -2.27. The molecule has 0 aromatic heterocycles. The predicted molar refractivity (Wildman–Crippen MR) is 59.3 cm³/mol. The van der Waals surface area contributed by atoms with Crippen LogP contribution < -0.4 is 15.4 Å². The van der Waals surface area contributed by atoms with Crippen molar-refractivity contribution in [3.05, 3.63) is 18.2 Å². The second-order valence-electron chi connectivity index (χ2n) is 3.43. The first-order chi connectivity index (χ1) is 7.31. The van der Waals surface area contributed by atoms with E-state index in [-0.39, 0.29) is 5.91 Å². The Bertz CT molecular complexity index is 377. The Morgan fingerprint density at radius 2 is 2.33 bits per heavy atom. The van der Waals surface area contributed by atoms with E-state index in [1.165, 1.54) is 0 Å². The Balaban J connectivity index is 2.27. The molecule has 4 nitrogen and oxygen atoms in total. The predicted octanol–water partition coefficient (Wildman–Crippen LogP) is 1.84. The monoisotopic (exact) mass is 206 g/mol. The molecule has 0 saturated carbocycles. The van der Waals surface area contributed by atoms with Gasteiger partial charge in [-0.1, -0.05) is 13.0 Å². The maximum absolute atomic E-state index is 11.2. The molecule has 0 spiro atoms. The van der Waals surface area contributed by atoms with Crippen LogP contribution in [0.5, 0.6) is 5.75 Å². The van der Waals surface area contributed by atoms with Crippen molar-refractivity contribution in [1.29, 1.82) is 0 Å². The van der Waals surface area contributed by atoms with E-state index in [1.54, 1.807) is 0 Å². The van der Waals surface area contributed by atoms with E-state index in [9.17, 15) is 4.79 Å². The van der Waals surface area contributed by atoms with Crippen molar-refractivity contribution in [2.75, 3.05) is 23.8 Å². The van der Waals surface area contributed by atoms with Crippen LogP contribution in [0.1, 0.15) is 13.3 Å². The molecule has 1 heterocycles. The maximum atomic E-state index is 11.2. The van der Waals surface area contributed by atoms with E-state index in [0.29, 0.717) is 13.2 Å². The summed E-state index contributed by atoms with van der Waals surface area (Å²) < 4.78 is 5.55. The first kappa shape index (κ1) is 9.83. The largest absolute Gasteiger partial charge is 0.491 e. The molecule has 80 valence electrons. The van der Waals surface area contributed by atoms with Crippen LogP contribution in [0.15, 0.2) is 18.2 Å². The molecule has 0 atom stereocenters. The van der Waals surface area contributed by atoms with Crippen LogP contribution >= 0.6 is 0 Å². The molecule has 0 unspecified atom stereocenters. The van der Waals surface area contributed by atoms with Gasteiger partial charge in [-0.25, -0.2) is 0 Å². The fourth-order valence-electron chi connectivity index (χ4n) is 1.50. The quantitative estimate of drug-likeness (QED) is 0.793. The van der Waals surface area contributed by atoms with Crippen LogP contribution in [0, 0.1) is 0 Å². The van der Waals surface area contributed by atoms with Gasteiger partial charge in [-0.2, -0.15) is 0 Å². The van der Waals surface area contributed by atoms with Gasteiger partial charge in [0, 0.05) is 0 Å². The van der Waals surface area contributed by atoms with Gasteiger partial charge in [-0.15, -0.1) is 0 Å². The number of hydrogen-bond donors (Lipinski definition) is 2. The van der Waals surface area contributed by atoms with Crippen LogP contribution in [0.3, 0.4) is 0 Å². The highest BCUT2D eigenvalue weighted by atomic mass is 16.5. The Morgan fingerprint density at radius 3 is 3.13 bits per heavy atom. The van der Waals surface area contributed by atoms with Crippen molar-refractivity contribution < 1.29 is 9.53 Å². The van der Waals surface area contributed by atoms with Gasteiger partial charge in [0.15, 0.2) is 0 Å². The van der Waals surface area contributed by atoms with Crippen molar-refractivity contribution in [3.63, 3.8) is 0 Å². The molecule has 0 radical (unpaired) electrons. The van der Waals surface area contributed by atoms with Crippen LogP contribution in [0.25, 0.3) is 0 Å². The lowest BCUT2D eigenvalue weighted by molar-refractivity contribution is -0.114. The van der Waals surface area contributed by atoms with Crippen LogP contribution in [0.2, 0.25) is 0 Å². The van der Waals surface area contributed by atoms with Crippen molar-refractivity contribution in [3.8, 4) is 5.75 Å². The van der Waals surface area contributed by atoms with Gasteiger partial charge in [0.1, 0.15) is 11.4 Å². The fraction of sp³-hybridized carbons (Fsp3) is 0.364. The number of amides is 1. The summed E-state index contributed by atoms with van der Waals surface area (Å²) in [7, 11) is 0. The number of para-hydroxylation sites is 1. The summed E-state index contributed by atoms with van der Waals surface area (Å²) in [6.07, 6.45) is 0.949. The van der Waals surface area contributed by atoms with Crippen molar-refractivity contribution >= 4 is 17.3 Å². The van der Waals surface area contributed by atoms with Crippen LogP contribution in [-0.4, -0.2) is 19.1 Å². The van der Waals surface area contributed by atoms with Crippen molar-refractivity contribution in [2.45, 2.75) is 13.3 Å². The normalized spacial score (nSPS) is 13.8. The van der Waals surface area contributed by atoms with E-state index >= 15 is 0 Å². The van der Waals surface area contributed by atoms with Gasteiger partial charge in [-0.3, -0.25) is 4.79 Å². The first-order valence-electron chi connectivity index (χ1n) is 5.11. The standard InChI is InChI=1S/C11H14N2O2/c1-2-6-15-9-5-3-4-8-11(9)13-10(14)7-12-8/h3-5,12H,2,6-7H2,1H3,(H,13,14). The highest BCUT2D eigenvalue weighted by Crippen LogP contribution is 2.34. The zero-order valence-corrected chi connectivity index (χ0v) is 8.67. The summed E-state index contributed by atoms with van der Waals surface area (Å²) in [5.74, 6) is 0.699. The molecule has 0 saturated heterocycles. The molecule has 1 amide bonds. The second kappa shape index (κ2) is 4.21.